The van der Waals surface area contributed by atoms with Gasteiger partial charge in [0, 0.05) is 13.6 Å². The highest BCUT2D eigenvalue weighted by Gasteiger charge is 2.13. The van der Waals surface area contributed by atoms with Gasteiger partial charge in [-0.05, 0) is 29.8 Å². The van der Waals surface area contributed by atoms with Crippen LogP contribution in [0.1, 0.15) is 5.56 Å². The summed E-state index contributed by atoms with van der Waals surface area (Å²) in [5.41, 5.74) is 1.34. The molecule has 0 unspecified atom stereocenters. The summed E-state index contributed by atoms with van der Waals surface area (Å²) in [6, 6.07) is 9.98. The second kappa shape index (κ2) is 6.35. The SMILES string of the molecule is COc1cc(CN(C)c2ccccc2F)cc(OC)c1O. The van der Waals surface area contributed by atoms with Crippen LogP contribution in [0, 0.1) is 5.82 Å². The number of para-hydroxylation sites is 1. The third-order valence-corrected chi connectivity index (χ3v) is 3.22. The lowest BCUT2D eigenvalue weighted by atomic mass is 10.1. The number of hydrogen-bond donors (Lipinski definition) is 1. The first-order chi connectivity index (χ1) is 10.1. The summed E-state index contributed by atoms with van der Waals surface area (Å²) in [4.78, 5) is 1.78. The summed E-state index contributed by atoms with van der Waals surface area (Å²) in [5.74, 6) is 0.326. The van der Waals surface area contributed by atoms with Crippen LogP contribution in [-0.4, -0.2) is 26.4 Å². The Balaban J connectivity index is 2.29. The molecule has 0 amide bonds. The van der Waals surface area contributed by atoms with Crippen LogP contribution in [0.2, 0.25) is 0 Å². The fourth-order valence-electron chi connectivity index (χ4n) is 2.16. The van der Waals surface area contributed by atoms with Crippen LogP contribution >= 0.6 is 0 Å². The van der Waals surface area contributed by atoms with Crippen LogP contribution in [0.4, 0.5) is 10.1 Å². The molecule has 0 aromatic heterocycles. The van der Waals surface area contributed by atoms with Crippen LogP contribution < -0.4 is 14.4 Å². The van der Waals surface area contributed by atoms with Gasteiger partial charge in [0.15, 0.2) is 11.5 Å². The van der Waals surface area contributed by atoms with E-state index in [4.69, 9.17) is 9.47 Å². The summed E-state index contributed by atoms with van der Waals surface area (Å²) in [6.07, 6.45) is 0. The van der Waals surface area contributed by atoms with Crippen LogP contribution in [-0.2, 0) is 6.54 Å². The highest BCUT2D eigenvalue weighted by molar-refractivity contribution is 5.54. The quantitative estimate of drug-likeness (QED) is 0.918. The van der Waals surface area contributed by atoms with Crippen LogP contribution in [0.15, 0.2) is 36.4 Å². The van der Waals surface area contributed by atoms with Crippen molar-refractivity contribution in [3.63, 3.8) is 0 Å². The molecule has 0 spiro atoms. The van der Waals surface area contributed by atoms with Crippen molar-refractivity contribution in [3.8, 4) is 17.2 Å². The highest BCUT2D eigenvalue weighted by Crippen LogP contribution is 2.37. The van der Waals surface area contributed by atoms with Gasteiger partial charge in [-0.2, -0.15) is 0 Å². The Kier molecular flexibility index (Phi) is 4.52. The van der Waals surface area contributed by atoms with Crippen molar-refractivity contribution < 1.29 is 19.0 Å². The molecule has 0 saturated heterocycles. The van der Waals surface area contributed by atoms with Crippen molar-refractivity contribution in [1.82, 2.24) is 0 Å². The zero-order valence-corrected chi connectivity index (χ0v) is 12.3. The fourth-order valence-corrected chi connectivity index (χ4v) is 2.16. The molecule has 0 atom stereocenters. The predicted molar refractivity (Wildman–Crippen MR) is 79.7 cm³/mol. The summed E-state index contributed by atoms with van der Waals surface area (Å²) in [5, 5.41) is 9.88. The molecule has 112 valence electrons. The lowest BCUT2D eigenvalue weighted by molar-refractivity contribution is 0.339. The number of rotatable bonds is 5. The molecule has 5 heteroatoms. The molecule has 2 aromatic carbocycles. The number of phenols is 1. The number of aromatic hydroxyl groups is 1. The number of methoxy groups -OCH3 is 2. The van der Waals surface area contributed by atoms with E-state index in [1.54, 1.807) is 42.3 Å². The van der Waals surface area contributed by atoms with E-state index in [0.29, 0.717) is 23.7 Å². The molecular weight excluding hydrogens is 273 g/mol. The molecule has 0 fully saturated rings. The van der Waals surface area contributed by atoms with Crippen molar-refractivity contribution >= 4 is 5.69 Å². The highest BCUT2D eigenvalue weighted by atomic mass is 19.1. The van der Waals surface area contributed by atoms with E-state index < -0.39 is 0 Å². The number of anilines is 1. The third kappa shape index (κ3) is 3.18. The lowest BCUT2D eigenvalue weighted by Gasteiger charge is -2.21. The minimum absolute atomic E-state index is 0.0442. The Morgan fingerprint density at radius 1 is 1.10 bits per heavy atom. The standard InChI is InChI=1S/C16H18FNO3/c1-18(13-7-5-4-6-12(13)17)10-11-8-14(20-2)16(19)15(9-11)21-3/h4-9,19H,10H2,1-3H3. The number of nitrogens with zero attached hydrogens (tertiary/aromatic N) is 1. The summed E-state index contributed by atoms with van der Waals surface area (Å²) in [7, 11) is 4.74. The van der Waals surface area contributed by atoms with Gasteiger partial charge >= 0.3 is 0 Å². The van der Waals surface area contributed by atoms with Crippen LogP contribution in [0.3, 0.4) is 0 Å². The van der Waals surface area contributed by atoms with E-state index in [1.165, 1.54) is 20.3 Å². The molecule has 0 aliphatic rings. The van der Waals surface area contributed by atoms with Crippen molar-refractivity contribution in [2.45, 2.75) is 6.54 Å². The van der Waals surface area contributed by atoms with Gasteiger partial charge in [-0.1, -0.05) is 12.1 Å². The summed E-state index contributed by atoms with van der Waals surface area (Å²) in [6.45, 7) is 0.452. The lowest BCUT2D eigenvalue weighted by Crippen LogP contribution is -2.17. The van der Waals surface area contributed by atoms with Crippen LogP contribution in [0.25, 0.3) is 0 Å². The van der Waals surface area contributed by atoms with E-state index in [2.05, 4.69) is 0 Å². The maximum atomic E-state index is 13.8. The minimum atomic E-state index is -0.280. The molecule has 4 nitrogen and oxygen atoms in total. The first-order valence-electron chi connectivity index (χ1n) is 6.46. The molecule has 0 aliphatic heterocycles. The number of ether oxygens (including phenoxy) is 2. The van der Waals surface area contributed by atoms with Crippen molar-refractivity contribution in [1.29, 1.82) is 0 Å². The molecule has 0 heterocycles. The number of hydrogen-bond acceptors (Lipinski definition) is 4. The molecule has 2 rings (SSSR count). The summed E-state index contributed by atoms with van der Waals surface area (Å²) < 4.78 is 24.0. The Labute approximate surface area is 123 Å². The second-order valence-corrected chi connectivity index (χ2v) is 4.66. The maximum absolute atomic E-state index is 13.8. The van der Waals surface area contributed by atoms with Gasteiger partial charge < -0.3 is 19.5 Å². The Morgan fingerprint density at radius 2 is 1.67 bits per heavy atom. The largest absolute Gasteiger partial charge is 0.502 e. The van der Waals surface area contributed by atoms with Gasteiger partial charge in [0.05, 0.1) is 19.9 Å². The molecule has 1 N–H and O–H groups in total. The monoisotopic (exact) mass is 291 g/mol. The van der Waals surface area contributed by atoms with Gasteiger partial charge in [-0.25, -0.2) is 4.39 Å². The van der Waals surface area contributed by atoms with Gasteiger partial charge in [-0.3, -0.25) is 0 Å². The number of halogens is 1. The Bertz CT molecular complexity index is 606. The smallest absolute Gasteiger partial charge is 0.200 e. The van der Waals surface area contributed by atoms with Crippen molar-refractivity contribution in [2.24, 2.45) is 0 Å². The molecule has 0 radical (unpaired) electrons. The molecule has 21 heavy (non-hydrogen) atoms. The van der Waals surface area contributed by atoms with E-state index in [9.17, 15) is 9.50 Å². The van der Waals surface area contributed by atoms with E-state index in [1.807, 2.05) is 0 Å². The zero-order valence-electron chi connectivity index (χ0n) is 12.3. The van der Waals surface area contributed by atoms with Gasteiger partial charge in [0.1, 0.15) is 5.82 Å². The second-order valence-electron chi connectivity index (χ2n) is 4.66. The fraction of sp³-hybridized carbons (Fsp3) is 0.250. The number of phenolic OH excluding ortho intramolecular Hbond substituents is 1. The molecular formula is C16H18FNO3. The Hall–Kier alpha value is -2.43. The third-order valence-electron chi connectivity index (χ3n) is 3.22. The van der Waals surface area contributed by atoms with Gasteiger partial charge in [0.2, 0.25) is 5.75 Å². The van der Waals surface area contributed by atoms with Gasteiger partial charge in [-0.15, -0.1) is 0 Å². The first-order valence-corrected chi connectivity index (χ1v) is 6.46. The first kappa shape index (κ1) is 15.0. The van der Waals surface area contributed by atoms with E-state index >= 15 is 0 Å². The molecule has 0 bridgehead atoms. The van der Waals surface area contributed by atoms with Gasteiger partial charge in [0.25, 0.3) is 0 Å². The molecule has 0 aliphatic carbocycles. The Morgan fingerprint density at radius 3 is 2.19 bits per heavy atom. The van der Waals surface area contributed by atoms with E-state index in [0.717, 1.165) is 5.56 Å². The maximum Gasteiger partial charge on any atom is 0.200 e. The van der Waals surface area contributed by atoms with Crippen LogP contribution in [0.5, 0.6) is 17.2 Å². The predicted octanol–water partition coefficient (Wildman–Crippen LogP) is 3.18. The topological polar surface area (TPSA) is 41.9 Å². The average Bonchev–Trinajstić information content (AvgIpc) is 2.49. The average molecular weight is 291 g/mol. The molecule has 0 saturated carbocycles. The minimum Gasteiger partial charge on any atom is -0.502 e. The summed E-state index contributed by atoms with van der Waals surface area (Å²) >= 11 is 0. The normalized spacial score (nSPS) is 10.3. The van der Waals surface area contributed by atoms with Crippen molar-refractivity contribution in [3.05, 3.63) is 47.8 Å². The van der Waals surface area contributed by atoms with E-state index in [-0.39, 0.29) is 11.6 Å². The number of benzene rings is 2. The molecule has 2 aromatic rings. The zero-order chi connectivity index (χ0) is 15.4. The van der Waals surface area contributed by atoms with Crippen molar-refractivity contribution in [2.75, 3.05) is 26.2 Å².